The number of rotatable bonds is 9. The van der Waals surface area contributed by atoms with Crippen LogP contribution in [-0.4, -0.2) is 46.3 Å². The summed E-state index contributed by atoms with van der Waals surface area (Å²) >= 11 is 0. The van der Waals surface area contributed by atoms with E-state index < -0.39 is 6.04 Å². The number of methoxy groups -OCH3 is 3. The number of nitrogens with one attached hydrogen (secondary N) is 1. The van der Waals surface area contributed by atoms with E-state index in [1.807, 2.05) is 48.5 Å². The number of carbonyl (C=O) groups excluding carboxylic acids is 2. The number of piperidine rings is 1. The van der Waals surface area contributed by atoms with Gasteiger partial charge in [0, 0.05) is 32.4 Å². The summed E-state index contributed by atoms with van der Waals surface area (Å²) < 4.78 is 15.6. The van der Waals surface area contributed by atoms with Gasteiger partial charge >= 0.3 is 0 Å². The molecule has 2 aromatic rings. The summed E-state index contributed by atoms with van der Waals surface area (Å²) in [4.78, 5) is 27.9. The lowest BCUT2D eigenvalue weighted by molar-refractivity contribution is -0.129. The number of nitrogens with zero attached hydrogens (tertiary/aromatic N) is 1. The minimum Gasteiger partial charge on any atom is -0.497 e. The highest BCUT2D eigenvalue weighted by atomic mass is 16.5. The summed E-state index contributed by atoms with van der Waals surface area (Å²) in [6.45, 7) is 1.12. The fourth-order valence-corrected chi connectivity index (χ4v) is 3.96. The topological polar surface area (TPSA) is 77.1 Å². The third-order valence-electron chi connectivity index (χ3n) is 5.57. The second kappa shape index (κ2) is 10.8. The van der Waals surface area contributed by atoms with Crippen LogP contribution in [0.3, 0.4) is 0 Å². The minimum atomic E-state index is -0.414. The number of benzene rings is 2. The second-order valence-corrected chi connectivity index (χ2v) is 7.46. The van der Waals surface area contributed by atoms with E-state index >= 15 is 0 Å². The number of amides is 2. The number of hydrogen-bond acceptors (Lipinski definition) is 5. The zero-order chi connectivity index (χ0) is 22.2. The predicted molar refractivity (Wildman–Crippen MR) is 118 cm³/mol. The molecule has 2 atom stereocenters. The van der Waals surface area contributed by atoms with Crippen molar-refractivity contribution in [3.8, 4) is 11.5 Å². The molecule has 1 aliphatic rings. The fourth-order valence-electron chi connectivity index (χ4n) is 3.96. The molecule has 2 amide bonds. The Balaban J connectivity index is 1.94. The zero-order valence-electron chi connectivity index (χ0n) is 18.3. The van der Waals surface area contributed by atoms with Gasteiger partial charge in [0.1, 0.15) is 11.5 Å². The predicted octanol–water partition coefficient (Wildman–Crippen LogP) is 3.34. The monoisotopic (exact) mass is 426 g/mol. The SMILES string of the molecule is COCCCNC(=O)C1CCC(=O)N(c2ccc(OC)cc2)C1c1ccc(OC)cc1. The normalized spacial score (nSPS) is 18.5. The van der Waals surface area contributed by atoms with Crippen molar-refractivity contribution in [3.63, 3.8) is 0 Å². The van der Waals surface area contributed by atoms with Crippen LogP contribution in [-0.2, 0) is 14.3 Å². The van der Waals surface area contributed by atoms with E-state index in [-0.39, 0.29) is 17.7 Å². The molecule has 2 unspecified atom stereocenters. The van der Waals surface area contributed by atoms with Crippen LogP contribution in [0.1, 0.15) is 30.9 Å². The van der Waals surface area contributed by atoms with E-state index in [2.05, 4.69) is 5.32 Å². The van der Waals surface area contributed by atoms with Gasteiger partial charge in [-0.2, -0.15) is 0 Å². The van der Waals surface area contributed by atoms with E-state index in [0.717, 1.165) is 23.4 Å². The van der Waals surface area contributed by atoms with Crippen molar-refractivity contribution in [2.24, 2.45) is 5.92 Å². The third-order valence-corrected chi connectivity index (χ3v) is 5.57. The van der Waals surface area contributed by atoms with E-state index in [1.165, 1.54) is 0 Å². The van der Waals surface area contributed by atoms with Crippen LogP contribution in [0.2, 0.25) is 0 Å². The highest BCUT2D eigenvalue weighted by molar-refractivity contribution is 5.97. The van der Waals surface area contributed by atoms with Crippen molar-refractivity contribution in [1.29, 1.82) is 0 Å². The van der Waals surface area contributed by atoms with Crippen molar-refractivity contribution in [1.82, 2.24) is 5.32 Å². The molecule has 7 heteroatoms. The molecule has 0 aromatic heterocycles. The van der Waals surface area contributed by atoms with Crippen molar-refractivity contribution in [2.45, 2.75) is 25.3 Å². The van der Waals surface area contributed by atoms with Crippen molar-refractivity contribution in [2.75, 3.05) is 39.4 Å². The Bertz CT molecular complexity index is 867. The summed E-state index contributed by atoms with van der Waals surface area (Å²) in [6.07, 6.45) is 1.55. The van der Waals surface area contributed by atoms with Gasteiger partial charge in [-0.15, -0.1) is 0 Å². The van der Waals surface area contributed by atoms with Crippen LogP contribution in [0, 0.1) is 5.92 Å². The Kier molecular flexibility index (Phi) is 7.89. The molecule has 3 rings (SSSR count). The molecule has 31 heavy (non-hydrogen) atoms. The molecule has 1 fully saturated rings. The smallest absolute Gasteiger partial charge is 0.227 e. The molecule has 1 saturated heterocycles. The highest BCUT2D eigenvalue weighted by Crippen LogP contribution is 2.40. The first kappa shape index (κ1) is 22.6. The van der Waals surface area contributed by atoms with E-state index in [4.69, 9.17) is 14.2 Å². The van der Waals surface area contributed by atoms with Gasteiger partial charge in [-0.1, -0.05) is 12.1 Å². The van der Waals surface area contributed by atoms with Crippen molar-refractivity contribution in [3.05, 3.63) is 54.1 Å². The number of ether oxygens (including phenoxy) is 3. The van der Waals surface area contributed by atoms with Gasteiger partial charge < -0.3 is 24.4 Å². The molecule has 0 aliphatic carbocycles. The van der Waals surface area contributed by atoms with Crippen LogP contribution in [0.25, 0.3) is 0 Å². The summed E-state index contributed by atoms with van der Waals surface area (Å²) in [7, 11) is 4.85. The maximum atomic E-state index is 13.1. The molecular formula is C24H30N2O5. The maximum Gasteiger partial charge on any atom is 0.227 e. The van der Waals surface area contributed by atoms with Gasteiger partial charge in [0.2, 0.25) is 11.8 Å². The van der Waals surface area contributed by atoms with Gasteiger partial charge in [0.25, 0.3) is 0 Å². The van der Waals surface area contributed by atoms with Crippen molar-refractivity contribution >= 4 is 17.5 Å². The van der Waals surface area contributed by atoms with E-state index in [1.54, 1.807) is 26.2 Å². The Morgan fingerprint density at radius 2 is 1.61 bits per heavy atom. The molecular weight excluding hydrogens is 396 g/mol. The molecule has 0 spiro atoms. The molecule has 1 aliphatic heterocycles. The standard InChI is InChI=1S/C24H30N2O5/c1-29-16-4-15-25-24(28)21-13-14-22(27)26(18-7-11-20(31-3)12-8-18)23(21)17-5-9-19(30-2)10-6-17/h5-12,21,23H,4,13-16H2,1-3H3,(H,25,28). The van der Waals surface area contributed by atoms with E-state index in [0.29, 0.717) is 31.7 Å². The first-order valence-electron chi connectivity index (χ1n) is 10.5. The average Bonchev–Trinajstić information content (AvgIpc) is 2.81. The van der Waals surface area contributed by atoms with Gasteiger partial charge in [-0.05, 0) is 54.8 Å². The highest BCUT2D eigenvalue weighted by Gasteiger charge is 2.41. The Morgan fingerprint density at radius 3 is 2.19 bits per heavy atom. The third kappa shape index (κ3) is 5.35. The summed E-state index contributed by atoms with van der Waals surface area (Å²) in [5, 5.41) is 3.01. The Hall–Kier alpha value is -3.06. The maximum absolute atomic E-state index is 13.1. The first-order valence-corrected chi connectivity index (χ1v) is 10.5. The Morgan fingerprint density at radius 1 is 1.00 bits per heavy atom. The van der Waals surface area contributed by atoms with Gasteiger partial charge in [-0.3, -0.25) is 9.59 Å². The molecule has 1 heterocycles. The lowest BCUT2D eigenvalue weighted by Gasteiger charge is -2.41. The summed E-state index contributed by atoms with van der Waals surface area (Å²) in [5.74, 6) is 1.01. The molecule has 166 valence electrons. The molecule has 2 aromatic carbocycles. The van der Waals surface area contributed by atoms with Crippen LogP contribution < -0.4 is 19.7 Å². The number of anilines is 1. The van der Waals surface area contributed by atoms with Crippen LogP contribution >= 0.6 is 0 Å². The summed E-state index contributed by atoms with van der Waals surface area (Å²) in [6, 6.07) is 14.5. The van der Waals surface area contributed by atoms with Crippen molar-refractivity contribution < 1.29 is 23.8 Å². The minimum absolute atomic E-state index is 0.00517. The number of hydrogen-bond donors (Lipinski definition) is 1. The lowest BCUT2D eigenvalue weighted by Crippen LogP contribution is -2.48. The number of carbonyl (C=O) groups is 2. The van der Waals surface area contributed by atoms with Crippen LogP contribution in [0.4, 0.5) is 5.69 Å². The largest absolute Gasteiger partial charge is 0.497 e. The van der Waals surface area contributed by atoms with Gasteiger partial charge in [-0.25, -0.2) is 0 Å². The van der Waals surface area contributed by atoms with E-state index in [9.17, 15) is 9.59 Å². The van der Waals surface area contributed by atoms with Gasteiger partial charge in [0.05, 0.1) is 26.2 Å². The Labute approximate surface area is 183 Å². The average molecular weight is 427 g/mol. The second-order valence-electron chi connectivity index (χ2n) is 7.46. The quantitative estimate of drug-likeness (QED) is 0.623. The molecule has 0 radical (unpaired) electrons. The molecule has 0 bridgehead atoms. The summed E-state index contributed by atoms with van der Waals surface area (Å²) in [5.41, 5.74) is 1.63. The fraction of sp³-hybridized carbons (Fsp3) is 0.417. The molecule has 7 nitrogen and oxygen atoms in total. The zero-order valence-corrected chi connectivity index (χ0v) is 18.3. The van der Waals surface area contributed by atoms with Crippen LogP contribution in [0.5, 0.6) is 11.5 Å². The first-order chi connectivity index (χ1) is 15.1. The van der Waals surface area contributed by atoms with Gasteiger partial charge in [0.15, 0.2) is 0 Å². The van der Waals surface area contributed by atoms with Crippen LogP contribution in [0.15, 0.2) is 48.5 Å². The molecule has 0 saturated carbocycles. The lowest BCUT2D eigenvalue weighted by atomic mass is 9.83. The molecule has 1 N–H and O–H groups in total.